The van der Waals surface area contributed by atoms with Crippen LogP contribution in [-0.4, -0.2) is 36.5 Å². The van der Waals surface area contributed by atoms with Crippen LogP contribution in [-0.2, 0) is 0 Å². The molecule has 4 heteroatoms. The molecule has 0 radical (unpaired) electrons. The summed E-state index contributed by atoms with van der Waals surface area (Å²) < 4.78 is 0. The van der Waals surface area contributed by atoms with Crippen LogP contribution in [0.4, 0.5) is 5.69 Å². The lowest BCUT2D eigenvalue weighted by Gasteiger charge is -2.23. The predicted molar refractivity (Wildman–Crippen MR) is 80.3 cm³/mol. The van der Waals surface area contributed by atoms with Gasteiger partial charge in [-0.1, -0.05) is 25.5 Å². The summed E-state index contributed by atoms with van der Waals surface area (Å²) in [7, 11) is 0. The maximum Gasteiger partial charge on any atom is 0.253 e. The van der Waals surface area contributed by atoms with Crippen LogP contribution in [0.15, 0.2) is 18.2 Å². The largest absolute Gasteiger partial charge is 0.398 e. The van der Waals surface area contributed by atoms with Crippen LogP contribution in [0.25, 0.3) is 0 Å². The van der Waals surface area contributed by atoms with Crippen LogP contribution >= 0.6 is 0 Å². The van der Waals surface area contributed by atoms with Crippen molar-refractivity contribution in [3.8, 4) is 0 Å². The second-order valence-corrected chi connectivity index (χ2v) is 4.95. The van der Waals surface area contributed by atoms with E-state index in [2.05, 4.69) is 24.1 Å². The average Bonchev–Trinajstić information content (AvgIpc) is 2.38. The molecule has 1 rings (SSSR count). The first-order valence-corrected chi connectivity index (χ1v) is 6.87. The van der Waals surface area contributed by atoms with Crippen LogP contribution in [0, 0.1) is 6.92 Å². The molecule has 1 atom stereocenters. The minimum Gasteiger partial charge on any atom is -0.398 e. The number of rotatable bonds is 6. The second-order valence-electron chi connectivity index (χ2n) is 4.95. The van der Waals surface area contributed by atoms with E-state index in [9.17, 15) is 4.79 Å². The zero-order chi connectivity index (χ0) is 14.4. The summed E-state index contributed by atoms with van der Waals surface area (Å²) in [5.41, 5.74) is 7.97. The fourth-order valence-corrected chi connectivity index (χ4v) is 2.08. The SMILES string of the molecule is CCN(CC)CC(C)NC(=O)c1cc(C)ccc1N. The van der Waals surface area contributed by atoms with Gasteiger partial charge in [-0.05, 0) is 39.1 Å². The molecule has 19 heavy (non-hydrogen) atoms. The van der Waals surface area contributed by atoms with E-state index in [-0.39, 0.29) is 11.9 Å². The van der Waals surface area contributed by atoms with Gasteiger partial charge in [0.05, 0.1) is 5.56 Å². The maximum atomic E-state index is 12.2. The Bertz CT molecular complexity index is 427. The number of hydrogen-bond donors (Lipinski definition) is 2. The van der Waals surface area contributed by atoms with Crippen molar-refractivity contribution in [1.29, 1.82) is 0 Å². The van der Waals surface area contributed by atoms with Gasteiger partial charge in [0.15, 0.2) is 0 Å². The molecule has 0 fully saturated rings. The van der Waals surface area contributed by atoms with E-state index < -0.39 is 0 Å². The Labute approximate surface area is 116 Å². The van der Waals surface area contributed by atoms with Crippen molar-refractivity contribution in [1.82, 2.24) is 10.2 Å². The summed E-state index contributed by atoms with van der Waals surface area (Å²) in [6, 6.07) is 5.62. The highest BCUT2D eigenvalue weighted by molar-refractivity contribution is 5.99. The summed E-state index contributed by atoms with van der Waals surface area (Å²) >= 11 is 0. The summed E-state index contributed by atoms with van der Waals surface area (Å²) in [6.45, 7) is 11.0. The van der Waals surface area contributed by atoms with Gasteiger partial charge in [0, 0.05) is 18.3 Å². The molecule has 1 aromatic carbocycles. The first-order chi connectivity index (χ1) is 8.97. The first kappa shape index (κ1) is 15.5. The molecule has 106 valence electrons. The summed E-state index contributed by atoms with van der Waals surface area (Å²) in [6.07, 6.45) is 0. The van der Waals surface area contributed by atoms with E-state index in [4.69, 9.17) is 5.73 Å². The van der Waals surface area contributed by atoms with Crippen LogP contribution in [0.2, 0.25) is 0 Å². The Balaban J connectivity index is 2.66. The monoisotopic (exact) mass is 263 g/mol. The number of carbonyl (C=O) groups excluding carboxylic acids is 1. The maximum absolute atomic E-state index is 12.2. The molecule has 1 aromatic rings. The lowest BCUT2D eigenvalue weighted by Crippen LogP contribution is -2.42. The molecule has 1 unspecified atom stereocenters. The van der Waals surface area contributed by atoms with Crippen LogP contribution in [0.3, 0.4) is 0 Å². The van der Waals surface area contributed by atoms with Gasteiger partial charge in [-0.3, -0.25) is 4.79 Å². The predicted octanol–water partition coefficient (Wildman–Crippen LogP) is 2.04. The number of nitrogen functional groups attached to an aromatic ring is 1. The molecule has 0 saturated heterocycles. The number of benzene rings is 1. The van der Waals surface area contributed by atoms with E-state index in [0.717, 1.165) is 25.2 Å². The van der Waals surface area contributed by atoms with Crippen molar-refractivity contribution < 1.29 is 4.79 Å². The fraction of sp³-hybridized carbons (Fsp3) is 0.533. The fourth-order valence-electron chi connectivity index (χ4n) is 2.08. The van der Waals surface area contributed by atoms with Crippen molar-refractivity contribution in [2.24, 2.45) is 0 Å². The molecule has 4 nitrogen and oxygen atoms in total. The molecule has 0 aromatic heterocycles. The molecule has 0 spiro atoms. The van der Waals surface area contributed by atoms with Gasteiger partial charge in [0.1, 0.15) is 0 Å². The summed E-state index contributed by atoms with van der Waals surface area (Å²) in [5, 5.41) is 3.00. The minimum atomic E-state index is -0.0964. The molecule has 0 aliphatic heterocycles. The van der Waals surface area contributed by atoms with E-state index in [1.165, 1.54) is 0 Å². The van der Waals surface area contributed by atoms with Crippen molar-refractivity contribution in [2.75, 3.05) is 25.4 Å². The number of aryl methyl sites for hydroxylation is 1. The van der Waals surface area contributed by atoms with Gasteiger partial charge < -0.3 is 16.0 Å². The molecule has 0 saturated carbocycles. The third-order valence-corrected chi connectivity index (χ3v) is 3.26. The zero-order valence-corrected chi connectivity index (χ0v) is 12.4. The van der Waals surface area contributed by atoms with Gasteiger partial charge in [0.25, 0.3) is 5.91 Å². The Morgan fingerprint density at radius 2 is 2.00 bits per heavy atom. The first-order valence-electron chi connectivity index (χ1n) is 6.87. The Morgan fingerprint density at radius 3 is 2.58 bits per heavy atom. The molecular formula is C15H25N3O. The van der Waals surface area contributed by atoms with Gasteiger partial charge >= 0.3 is 0 Å². The van der Waals surface area contributed by atoms with Crippen LogP contribution < -0.4 is 11.1 Å². The van der Waals surface area contributed by atoms with Crippen LogP contribution in [0.5, 0.6) is 0 Å². The number of nitrogens with zero attached hydrogens (tertiary/aromatic N) is 1. The molecule has 3 N–H and O–H groups in total. The molecule has 0 heterocycles. The van der Waals surface area contributed by atoms with Crippen LogP contribution in [0.1, 0.15) is 36.7 Å². The Morgan fingerprint density at radius 1 is 1.37 bits per heavy atom. The van der Waals surface area contributed by atoms with Crippen molar-refractivity contribution in [2.45, 2.75) is 33.7 Å². The molecule has 0 aliphatic rings. The minimum absolute atomic E-state index is 0.0964. The number of nitrogens with two attached hydrogens (primary N) is 1. The summed E-state index contributed by atoms with van der Waals surface area (Å²) in [5.74, 6) is -0.0964. The Hall–Kier alpha value is -1.55. The molecule has 1 amide bonds. The quantitative estimate of drug-likeness (QED) is 0.772. The zero-order valence-electron chi connectivity index (χ0n) is 12.4. The lowest BCUT2D eigenvalue weighted by molar-refractivity contribution is 0.0931. The van der Waals surface area contributed by atoms with Gasteiger partial charge in [-0.15, -0.1) is 0 Å². The Kier molecular flexibility index (Phi) is 5.83. The molecular weight excluding hydrogens is 238 g/mol. The normalized spacial score (nSPS) is 12.5. The standard InChI is InChI=1S/C15H25N3O/c1-5-18(6-2)10-12(4)17-15(19)13-9-11(3)7-8-14(13)16/h7-9,12H,5-6,10,16H2,1-4H3,(H,17,19). The number of carbonyl (C=O) groups is 1. The highest BCUT2D eigenvalue weighted by atomic mass is 16.1. The van der Waals surface area contributed by atoms with E-state index in [1.54, 1.807) is 6.07 Å². The third-order valence-electron chi connectivity index (χ3n) is 3.26. The van der Waals surface area contributed by atoms with Gasteiger partial charge in [-0.2, -0.15) is 0 Å². The smallest absolute Gasteiger partial charge is 0.253 e. The van der Waals surface area contributed by atoms with Gasteiger partial charge in [-0.25, -0.2) is 0 Å². The molecule has 0 bridgehead atoms. The average molecular weight is 263 g/mol. The van der Waals surface area contributed by atoms with E-state index >= 15 is 0 Å². The third kappa shape index (κ3) is 4.56. The number of hydrogen-bond acceptors (Lipinski definition) is 3. The number of likely N-dealkylation sites (N-methyl/N-ethyl adjacent to an activating group) is 1. The van der Waals surface area contributed by atoms with Crippen molar-refractivity contribution >= 4 is 11.6 Å². The van der Waals surface area contributed by atoms with Crippen molar-refractivity contribution in [3.05, 3.63) is 29.3 Å². The van der Waals surface area contributed by atoms with Crippen molar-refractivity contribution in [3.63, 3.8) is 0 Å². The topological polar surface area (TPSA) is 58.4 Å². The molecule has 0 aliphatic carbocycles. The van der Waals surface area contributed by atoms with E-state index in [0.29, 0.717) is 11.3 Å². The van der Waals surface area contributed by atoms with E-state index in [1.807, 2.05) is 26.0 Å². The number of anilines is 1. The second kappa shape index (κ2) is 7.14. The highest BCUT2D eigenvalue weighted by Crippen LogP contribution is 2.13. The van der Waals surface area contributed by atoms with Gasteiger partial charge in [0.2, 0.25) is 0 Å². The summed E-state index contributed by atoms with van der Waals surface area (Å²) in [4.78, 5) is 14.5. The number of amides is 1. The lowest BCUT2D eigenvalue weighted by atomic mass is 10.1. The highest BCUT2D eigenvalue weighted by Gasteiger charge is 2.14. The number of nitrogens with one attached hydrogen (secondary N) is 1.